The van der Waals surface area contributed by atoms with Crippen molar-refractivity contribution in [3.05, 3.63) is 53.3 Å². The van der Waals surface area contributed by atoms with Gasteiger partial charge in [0.25, 0.3) is 5.91 Å². The van der Waals surface area contributed by atoms with E-state index in [-0.39, 0.29) is 5.91 Å². The Morgan fingerprint density at radius 2 is 1.97 bits per heavy atom. The number of thiazole rings is 1. The maximum Gasteiger partial charge on any atom is 0.289 e. The third-order valence-electron chi connectivity index (χ3n) is 5.67. The number of nitrogens with zero attached hydrogens (tertiary/aromatic N) is 3. The normalized spacial score (nSPS) is 14.5. The van der Waals surface area contributed by atoms with Crippen molar-refractivity contribution in [1.82, 2.24) is 9.88 Å². The molecule has 0 saturated carbocycles. The molecule has 0 atom stereocenters. The molecule has 31 heavy (non-hydrogen) atoms. The van der Waals surface area contributed by atoms with Crippen molar-refractivity contribution in [2.24, 2.45) is 0 Å². The van der Waals surface area contributed by atoms with Crippen LogP contribution in [-0.4, -0.2) is 48.6 Å². The minimum absolute atomic E-state index is 0.0749. The summed E-state index contributed by atoms with van der Waals surface area (Å²) in [6.07, 6.45) is 0. The first kappa shape index (κ1) is 19.9. The van der Waals surface area contributed by atoms with E-state index in [2.05, 4.69) is 30.9 Å². The molecule has 0 unspecified atom stereocenters. The van der Waals surface area contributed by atoms with Gasteiger partial charge in [-0.2, -0.15) is 0 Å². The molecule has 1 aliphatic rings. The first-order valence-electron chi connectivity index (χ1n) is 10.6. The Bertz CT molecular complexity index is 1270. The largest absolute Gasteiger partial charge is 0.490 e. The van der Waals surface area contributed by atoms with E-state index < -0.39 is 0 Å². The van der Waals surface area contributed by atoms with Crippen LogP contribution in [0.3, 0.4) is 0 Å². The number of hydrogen-bond acceptors (Lipinski definition) is 6. The van der Waals surface area contributed by atoms with Gasteiger partial charge < -0.3 is 19.0 Å². The number of fused-ring (bicyclic) bond motifs is 2. The molecule has 1 fully saturated rings. The second-order valence-corrected chi connectivity index (χ2v) is 8.93. The van der Waals surface area contributed by atoms with Crippen LogP contribution in [-0.2, 0) is 0 Å². The van der Waals surface area contributed by atoms with E-state index in [1.807, 2.05) is 36.1 Å². The summed E-state index contributed by atoms with van der Waals surface area (Å²) in [6, 6.07) is 11.9. The fourth-order valence-corrected chi connectivity index (χ4v) is 5.36. The summed E-state index contributed by atoms with van der Waals surface area (Å²) in [5.41, 5.74) is 4.18. The molecule has 0 radical (unpaired) electrons. The number of aryl methyl sites for hydroxylation is 2. The number of carbonyl (C=O) groups excluding carboxylic acids is 1. The maximum absolute atomic E-state index is 13.1. The predicted molar refractivity (Wildman–Crippen MR) is 125 cm³/mol. The Labute approximate surface area is 185 Å². The Hall–Kier alpha value is -3.06. The molecule has 1 amide bonds. The average molecular weight is 436 g/mol. The van der Waals surface area contributed by atoms with Gasteiger partial charge in [0, 0.05) is 31.6 Å². The van der Waals surface area contributed by atoms with Crippen molar-refractivity contribution in [2.45, 2.75) is 20.8 Å². The zero-order chi connectivity index (χ0) is 21.5. The van der Waals surface area contributed by atoms with Crippen LogP contribution in [0.5, 0.6) is 5.75 Å². The van der Waals surface area contributed by atoms with Gasteiger partial charge in [0.15, 0.2) is 22.2 Å². The van der Waals surface area contributed by atoms with Gasteiger partial charge in [-0.05, 0) is 50.1 Å². The number of ether oxygens (including phenoxy) is 1. The van der Waals surface area contributed by atoms with E-state index >= 15 is 0 Å². The highest BCUT2D eigenvalue weighted by atomic mass is 32.1. The standard InChI is InChI=1S/C24H25N3O3S/c1-4-29-18-7-5-6-17-14-19(30-22(17)18)23(28)26-8-10-27(11-9-26)24-25-21-16(3)12-15(2)13-20(21)31-24/h5-7,12-14H,4,8-11H2,1-3H3. The average Bonchev–Trinajstić information content (AvgIpc) is 3.39. The van der Waals surface area contributed by atoms with E-state index in [0.717, 1.165) is 29.1 Å². The van der Waals surface area contributed by atoms with Gasteiger partial charge >= 0.3 is 0 Å². The highest BCUT2D eigenvalue weighted by Crippen LogP contribution is 2.33. The summed E-state index contributed by atoms with van der Waals surface area (Å²) in [5, 5.41) is 1.91. The summed E-state index contributed by atoms with van der Waals surface area (Å²) in [6.45, 7) is 9.51. The highest BCUT2D eigenvalue weighted by Gasteiger charge is 2.26. The molecule has 1 saturated heterocycles. The number of amides is 1. The molecule has 1 aliphatic heterocycles. The van der Waals surface area contributed by atoms with Crippen LogP contribution in [0.1, 0.15) is 28.6 Å². The zero-order valence-corrected chi connectivity index (χ0v) is 18.8. The van der Waals surface area contributed by atoms with Crippen molar-refractivity contribution in [2.75, 3.05) is 37.7 Å². The van der Waals surface area contributed by atoms with Gasteiger partial charge in [-0.15, -0.1) is 0 Å². The van der Waals surface area contributed by atoms with E-state index in [0.29, 0.717) is 36.8 Å². The lowest BCUT2D eigenvalue weighted by atomic mass is 10.1. The Kier molecular flexibility index (Phi) is 5.06. The van der Waals surface area contributed by atoms with Crippen molar-refractivity contribution >= 4 is 43.6 Å². The monoisotopic (exact) mass is 435 g/mol. The number of aromatic nitrogens is 1. The maximum atomic E-state index is 13.1. The molecule has 7 heteroatoms. The lowest BCUT2D eigenvalue weighted by Gasteiger charge is -2.34. The van der Waals surface area contributed by atoms with Crippen LogP contribution in [0.4, 0.5) is 5.13 Å². The number of furan rings is 1. The molecule has 3 heterocycles. The van der Waals surface area contributed by atoms with Gasteiger partial charge in [-0.25, -0.2) is 4.98 Å². The van der Waals surface area contributed by atoms with E-state index in [1.165, 1.54) is 15.8 Å². The van der Waals surface area contributed by atoms with Gasteiger partial charge in [0.2, 0.25) is 0 Å². The number of anilines is 1. The second-order valence-electron chi connectivity index (χ2n) is 7.92. The summed E-state index contributed by atoms with van der Waals surface area (Å²) >= 11 is 1.73. The third-order valence-corrected chi connectivity index (χ3v) is 6.74. The molecule has 5 rings (SSSR count). The minimum Gasteiger partial charge on any atom is -0.490 e. The number of piperazine rings is 1. The predicted octanol–water partition coefficient (Wildman–Crippen LogP) is 5.02. The Morgan fingerprint density at radius 3 is 2.74 bits per heavy atom. The highest BCUT2D eigenvalue weighted by molar-refractivity contribution is 7.22. The molecular formula is C24H25N3O3S. The molecule has 0 bridgehead atoms. The molecule has 6 nitrogen and oxygen atoms in total. The number of hydrogen-bond donors (Lipinski definition) is 0. The Morgan fingerprint density at radius 1 is 1.16 bits per heavy atom. The number of para-hydroxylation sites is 1. The quantitative estimate of drug-likeness (QED) is 0.450. The summed E-state index contributed by atoms with van der Waals surface area (Å²) in [5.74, 6) is 0.959. The van der Waals surface area contributed by atoms with Crippen LogP contribution in [0.15, 0.2) is 40.8 Å². The van der Waals surface area contributed by atoms with Crippen LogP contribution < -0.4 is 9.64 Å². The SMILES string of the molecule is CCOc1cccc2cc(C(=O)N3CCN(c4nc5c(C)cc(C)cc5s4)CC3)oc12. The molecule has 0 aliphatic carbocycles. The van der Waals surface area contributed by atoms with Crippen LogP contribution in [0.2, 0.25) is 0 Å². The molecule has 4 aromatic rings. The summed E-state index contributed by atoms with van der Waals surface area (Å²) in [4.78, 5) is 22.1. The lowest BCUT2D eigenvalue weighted by molar-refractivity contribution is 0.0717. The van der Waals surface area contributed by atoms with Crippen molar-refractivity contribution in [3.8, 4) is 5.75 Å². The van der Waals surface area contributed by atoms with Crippen molar-refractivity contribution in [3.63, 3.8) is 0 Å². The van der Waals surface area contributed by atoms with Crippen LogP contribution in [0.25, 0.3) is 21.2 Å². The second kappa shape index (κ2) is 7.89. The van der Waals surface area contributed by atoms with Crippen LogP contribution >= 0.6 is 11.3 Å². The minimum atomic E-state index is -0.0749. The number of carbonyl (C=O) groups is 1. The lowest BCUT2D eigenvalue weighted by Crippen LogP contribution is -2.48. The fourth-order valence-electron chi connectivity index (χ4n) is 4.16. The van der Waals surface area contributed by atoms with Gasteiger partial charge in [0.1, 0.15) is 0 Å². The van der Waals surface area contributed by atoms with Gasteiger partial charge in [-0.3, -0.25) is 4.79 Å². The molecule has 2 aromatic heterocycles. The fraction of sp³-hybridized carbons (Fsp3) is 0.333. The smallest absolute Gasteiger partial charge is 0.289 e. The summed E-state index contributed by atoms with van der Waals surface area (Å²) in [7, 11) is 0. The molecular weight excluding hydrogens is 410 g/mol. The van der Waals surface area contributed by atoms with Gasteiger partial charge in [-0.1, -0.05) is 29.5 Å². The summed E-state index contributed by atoms with van der Waals surface area (Å²) < 4.78 is 12.8. The van der Waals surface area contributed by atoms with Crippen molar-refractivity contribution in [1.29, 1.82) is 0 Å². The first-order chi connectivity index (χ1) is 15.0. The topological polar surface area (TPSA) is 58.8 Å². The molecule has 0 spiro atoms. The van der Waals surface area contributed by atoms with E-state index in [1.54, 1.807) is 11.3 Å². The Balaban J connectivity index is 1.31. The van der Waals surface area contributed by atoms with E-state index in [9.17, 15) is 4.79 Å². The zero-order valence-electron chi connectivity index (χ0n) is 18.0. The first-order valence-corrected chi connectivity index (χ1v) is 11.4. The molecule has 2 aromatic carbocycles. The van der Waals surface area contributed by atoms with E-state index in [4.69, 9.17) is 14.1 Å². The third kappa shape index (κ3) is 3.63. The molecule has 160 valence electrons. The number of benzene rings is 2. The number of rotatable bonds is 4. The van der Waals surface area contributed by atoms with Crippen molar-refractivity contribution < 1.29 is 13.9 Å². The molecule has 0 N–H and O–H groups in total. The van der Waals surface area contributed by atoms with Gasteiger partial charge in [0.05, 0.1) is 16.8 Å². The van der Waals surface area contributed by atoms with Crippen LogP contribution in [0, 0.1) is 13.8 Å².